The van der Waals surface area contributed by atoms with Gasteiger partial charge in [0.2, 0.25) is 0 Å². The highest BCUT2D eigenvalue weighted by atomic mass is 35.5. The summed E-state index contributed by atoms with van der Waals surface area (Å²) < 4.78 is 20.8. The Hall–Kier alpha value is -3.06. The van der Waals surface area contributed by atoms with Gasteiger partial charge in [-0.3, -0.25) is 4.79 Å². The summed E-state index contributed by atoms with van der Waals surface area (Å²) in [5.41, 5.74) is 0.736. The molecule has 0 saturated heterocycles. The Morgan fingerprint density at radius 2 is 2.18 bits per heavy atom. The third-order valence-electron chi connectivity index (χ3n) is 4.16. The van der Waals surface area contributed by atoms with Crippen molar-refractivity contribution in [2.24, 2.45) is 7.05 Å². The molecule has 1 aromatic heterocycles. The Kier molecular flexibility index (Phi) is 5.84. The number of ether oxygens (including phenoxy) is 1. The van der Waals surface area contributed by atoms with Gasteiger partial charge in [0.25, 0.3) is 5.91 Å². The molecule has 0 aliphatic carbocycles. The maximum Gasteiger partial charge on any atom is 0.252 e. The number of nitrogens with zero attached hydrogens (tertiary/aromatic N) is 2. The first kappa shape index (κ1) is 19.7. The number of halogens is 2. The summed E-state index contributed by atoms with van der Waals surface area (Å²) in [6.07, 6.45) is 3.33. The van der Waals surface area contributed by atoms with Crippen molar-refractivity contribution in [2.45, 2.75) is 13.0 Å². The van der Waals surface area contributed by atoms with E-state index in [9.17, 15) is 14.3 Å². The van der Waals surface area contributed by atoms with Gasteiger partial charge in [0.15, 0.2) is 11.5 Å². The number of amides is 1. The summed E-state index contributed by atoms with van der Waals surface area (Å²) in [5.74, 6) is -0.475. The highest BCUT2D eigenvalue weighted by Gasteiger charge is 2.23. The summed E-state index contributed by atoms with van der Waals surface area (Å²) in [7, 11) is 1.78. The number of aromatic nitrogens is 2. The van der Waals surface area contributed by atoms with Gasteiger partial charge >= 0.3 is 0 Å². The molecule has 0 radical (unpaired) electrons. The van der Waals surface area contributed by atoms with Crippen LogP contribution in [0.25, 0.3) is 0 Å². The zero-order valence-corrected chi connectivity index (χ0v) is 16.1. The van der Waals surface area contributed by atoms with Crippen molar-refractivity contribution < 1.29 is 19.0 Å². The highest BCUT2D eigenvalue weighted by molar-refractivity contribution is 6.32. The van der Waals surface area contributed by atoms with Crippen LogP contribution in [0.15, 0.2) is 48.8 Å². The van der Waals surface area contributed by atoms with E-state index in [-0.39, 0.29) is 22.1 Å². The Balaban J connectivity index is 1.97. The molecule has 146 valence electrons. The molecular formula is C20H19ClFN3O3. The second-order valence-electron chi connectivity index (χ2n) is 6.10. The SMILES string of the molecule is CCOc1cc(C(=O)NC(c2cccc(F)c2)c2nccn2C)cc(Cl)c1O. The van der Waals surface area contributed by atoms with E-state index < -0.39 is 17.8 Å². The number of hydrogen-bond acceptors (Lipinski definition) is 4. The Morgan fingerprint density at radius 3 is 2.82 bits per heavy atom. The minimum Gasteiger partial charge on any atom is -0.503 e. The number of carbonyl (C=O) groups excluding carboxylic acids is 1. The van der Waals surface area contributed by atoms with E-state index in [0.717, 1.165) is 0 Å². The van der Waals surface area contributed by atoms with Crippen LogP contribution in [0, 0.1) is 5.82 Å². The number of rotatable bonds is 6. The van der Waals surface area contributed by atoms with E-state index in [0.29, 0.717) is 18.0 Å². The van der Waals surface area contributed by atoms with Gasteiger partial charge < -0.3 is 19.7 Å². The largest absolute Gasteiger partial charge is 0.503 e. The first-order valence-electron chi connectivity index (χ1n) is 8.59. The Morgan fingerprint density at radius 1 is 1.39 bits per heavy atom. The number of carbonyl (C=O) groups is 1. The average molecular weight is 404 g/mol. The molecule has 0 bridgehead atoms. The number of imidazole rings is 1. The number of phenolic OH excluding ortho intramolecular Hbond substituents is 1. The van der Waals surface area contributed by atoms with Crippen LogP contribution in [0.2, 0.25) is 5.02 Å². The lowest BCUT2D eigenvalue weighted by Crippen LogP contribution is -2.31. The molecule has 3 rings (SSSR count). The second-order valence-corrected chi connectivity index (χ2v) is 6.50. The molecule has 1 atom stereocenters. The van der Waals surface area contributed by atoms with Crippen LogP contribution < -0.4 is 10.1 Å². The van der Waals surface area contributed by atoms with Gasteiger partial charge in [0.1, 0.15) is 17.7 Å². The number of nitrogens with one attached hydrogen (secondary N) is 1. The monoisotopic (exact) mass is 403 g/mol. The molecule has 6 nitrogen and oxygen atoms in total. The van der Waals surface area contributed by atoms with Gasteiger partial charge in [-0.25, -0.2) is 9.37 Å². The number of aromatic hydroxyl groups is 1. The minimum absolute atomic E-state index is 0.00426. The minimum atomic E-state index is -0.689. The first-order chi connectivity index (χ1) is 13.4. The normalized spacial score (nSPS) is 11.9. The van der Waals surface area contributed by atoms with Crippen molar-refractivity contribution in [3.8, 4) is 11.5 Å². The van der Waals surface area contributed by atoms with E-state index in [2.05, 4.69) is 10.3 Å². The number of benzene rings is 2. The van der Waals surface area contributed by atoms with Crippen LogP contribution in [0.3, 0.4) is 0 Å². The number of hydrogen-bond donors (Lipinski definition) is 2. The van der Waals surface area contributed by atoms with Crippen LogP contribution in [-0.2, 0) is 7.05 Å². The predicted molar refractivity (Wildman–Crippen MR) is 103 cm³/mol. The van der Waals surface area contributed by atoms with Crippen molar-refractivity contribution in [3.05, 3.63) is 76.6 Å². The van der Waals surface area contributed by atoms with Gasteiger partial charge in [-0.15, -0.1) is 0 Å². The fourth-order valence-electron chi connectivity index (χ4n) is 2.82. The Labute approximate surface area is 166 Å². The lowest BCUT2D eigenvalue weighted by molar-refractivity contribution is 0.0940. The molecule has 1 amide bonds. The standard InChI is InChI=1S/C20H19ClFN3O3/c1-3-28-16-11-13(10-15(21)18(16)26)20(27)24-17(19-23-7-8-25(19)2)12-5-4-6-14(22)9-12/h4-11,17,26H,3H2,1-2H3,(H,24,27). The van der Waals surface area contributed by atoms with Crippen LogP contribution in [0.1, 0.15) is 34.7 Å². The van der Waals surface area contributed by atoms with Crippen LogP contribution in [0.4, 0.5) is 4.39 Å². The molecular weight excluding hydrogens is 385 g/mol. The quantitative estimate of drug-likeness (QED) is 0.655. The highest BCUT2D eigenvalue weighted by Crippen LogP contribution is 2.35. The van der Waals surface area contributed by atoms with E-state index in [4.69, 9.17) is 16.3 Å². The van der Waals surface area contributed by atoms with Crippen molar-refractivity contribution in [1.29, 1.82) is 0 Å². The third kappa shape index (κ3) is 4.09. The van der Waals surface area contributed by atoms with E-state index in [1.165, 1.54) is 24.3 Å². The lowest BCUT2D eigenvalue weighted by atomic mass is 10.0. The van der Waals surface area contributed by atoms with Gasteiger partial charge in [-0.1, -0.05) is 23.7 Å². The van der Waals surface area contributed by atoms with Crippen LogP contribution >= 0.6 is 11.6 Å². The summed E-state index contributed by atoms with van der Waals surface area (Å²) in [4.78, 5) is 17.2. The molecule has 0 saturated carbocycles. The molecule has 3 aromatic rings. The van der Waals surface area contributed by atoms with Crippen molar-refractivity contribution in [1.82, 2.24) is 14.9 Å². The first-order valence-corrected chi connectivity index (χ1v) is 8.97. The molecule has 28 heavy (non-hydrogen) atoms. The summed E-state index contributed by atoms with van der Waals surface area (Å²) in [5, 5.41) is 12.8. The predicted octanol–water partition coefficient (Wildman–Crippen LogP) is 3.84. The van der Waals surface area contributed by atoms with E-state index >= 15 is 0 Å². The molecule has 1 heterocycles. The fourth-order valence-corrected chi connectivity index (χ4v) is 3.03. The topological polar surface area (TPSA) is 76.4 Å². The summed E-state index contributed by atoms with van der Waals surface area (Å²) in [6, 6.07) is 8.00. The van der Waals surface area contributed by atoms with Crippen LogP contribution in [-0.4, -0.2) is 27.2 Å². The smallest absolute Gasteiger partial charge is 0.252 e. The summed E-state index contributed by atoms with van der Waals surface area (Å²) >= 11 is 6.02. The molecule has 0 aliphatic rings. The molecule has 2 N–H and O–H groups in total. The third-order valence-corrected chi connectivity index (χ3v) is 4.45. The molecule has 0 fully saturated rings. The van der Waals surface area contributed by atoms with Gasteiger partial charge in [-0.05, 0) is 36.8 Å². The number of aryl methyl sites for hydroxylation is 1. The molecule has 1 unspecified atom stereocenters. The van der Waals surface area contributed by atoms with Gasteiger partial charge in [0, 0.05) is 25.0 Å². The zero-order chi connectivity index (χ0) is 20.3. The van der Waals surface area contributed by atoms with Gasteiger partial charge in [-0.2, -0.15) is 0 Å². The molecule has 8 heteroatoms. The molecule has 2 aromatic carbocycles. The van der Waals surface area contributed by atoms with Crippen molar-refractivity contribution >= 4 is 17.5 Å². The van der Waals surface area contributed by atoms with Crippen LogP contribution in [0.5, 0.6) is 11.5 Å². The molecule has 0 aliphatic heterocycles. The lowest BCUT2D eigenvalue weighted by Gasteiger charge is -2.20. The summed E-state index contributed by atoms with van der Waals surface area (Å²) in [6.45, 7) is 2.05. The zero-order valence-electron chi connectivity index (χ0n) is 15.3. The van der Waals surface area contributed by atoms with Gasteiger partial charge in [0.05, 0.1) is 11.6 Å². The van der Waals surface area contributed by atoms with Crippen molar-refractivity contribution in [3.63, 3.8) is 0 Å². The second kappa shape index (κ2) is 8.31. The average Bonchev–Trinajstić information content (AvgIpc) is 3.09. The maximum absolute atomic E-state index is 13.8. The van der Waals surface area contributed by atoms with Crippen molar-refractivity contribution in [2.75, 3.05) is 6.61 Å². The maximum atomic E-state index is 13.8. The van der Waals surface area contributed by atoms with E-state index in [1.807, 2.05) is 0 Å². The molecule has 0 spiro atoms. The van der Waals surface area contributed by atoms with E-state index in [1.54, 1.807) is 43.1 Å². The fraction of sp³-hybridized carbons (Fsp3) is 0.200. The number of phenols is 1. The Bertz CT molecular complexity index is 1010.